The van der Waals surface area contributed by atoms with E-state index in [0.717, 1.165) is 36.0 Å². The van der Waals surface area contributed by atoms with Crippen molar-refractivity contribution in [2.45, 2.75) is 38.6 Å². The van der Waals surface area contributed by atoms with Crippen molar-refractivity contribution in [3.05, 3.63) is 24.1 Å². The number of fused-ring (bicyclic) bond motifs is 1. The molecular formula is C15H19N3O2. The van der Waals surface area contributed by atoms with Gasteiger partial charge in [-0.25, -0.2) is 4.98 Å². The number of carbonyl (C=O) groups excluding carboxylic acids is 1. The van der Waals surface area contributed by atoms with E-state index in [4.69, 9.17) is 10.2 Å². The lowest BCUT2D eigenvalue weighted by Crippen LogP contribution is -2.28. The van der Waals surface area contributed by atoms with E-state index in [9.17, 15) is 4.79 Å². The van der Waals surface area contributed by atoms with E-state index in [-0.39, 0.29) is 11.9 Å². The average Bonchev–Trinajstić information content (AvgIpc) is 3.18. The Hall–Kier alpha value is -1.88. The third kappa shape index (κ3) is 2.82. The highest BCUT2D eigenvalue weighted by Crippen LogP contribution is 2.32. The van der Waals surface area contributed by atoms with E-state index in [1.807, 2.05) is 25.1 Å². The van der Waals surface area contributed by atoms with Crippen molar-refractivity contribution >= 4 is 22.7 Å². The molecule has 20 heavy (non-hydrogen) atoms. The van der Waals surface area contributed by atoms with Crippen LogP contribution in [0, 0.1) is 5.92 Å². The van der Waals surface area contributed by atoms with Crippen molar-refractivity contribution in [3.63, 3.8) is 0 Å². The summed E-state index contributed by atoms with van der Waals surface area (Å²) in [7, 11) is 0. The molecule has 3 rings (SSSR count). The molecule has 1 heterocycles. The second kappa shape index (κ2) is 5.25. The summed E-state index contributed by atoms with van der Waals surface area (Å²) in [4.78, 5) is 16.3. The van der Waals surface area contributed by atoms with Gasteiger partial charge in [-0.3, -0.25) is 4.79 Å². The summed E-state index contributed by atoms with van der Waals surface area (Å²) in [6, 6.07) is 5.47. The minimum absolute atomic E-state index is 0.0162. The summed E-state index contributed by atoms with van der Waals surface area (Å²) in [6.07, 6.45) is 3.44. The average molecular weight is 273 g/mol. The van der Waals surface area contributed by atoms with Crippen LogP contribution in [0.4, 0.5) is 5.69 Å². The number of nitrogens with zero attached hydrogens (tertiary/aromatic N) is 1. The highest BCUT2D eigenvalue weighted by Gasteiger charge is 2.29. The Morgan fingerprint density at radius 1 is 1.55 bits per heavy atom. The van der Waals surface area contributed by atoms with Crippen molar-refractivity contribution in [3.8, 4) is 0 Å². The van der Waals surface area contributed by atoms with Crippen LogP contribution in [0.1, 0.15) is 32.1 Å². The molecule has 1 fully saturated rings. The van der Waals surface area contributed by atoms with Crippen LogP contribution >= 0.6 is 0 Å². The Bertz CT molecular complexity index is 631. The van der Waals surface area contributed by atoms with E-state index in [1.165, 1.54) is 0 Å². The van der Waals surface area contributed by atoms with Crippen LogP contribution in [0.2, 0.25) is 0 Å². The monoisotopic (exact) mass is 273 g/mol. The Morgan fingerprint density at radius 2 is 2.35 bits per heavy atom. The molecule has 1 amide bonds. The Balaban J connectivity index is 1.68. The van der Waals surface area contributed by atoms with Crippen LogP contribution in [0.5, 0.6) is 0 Å². The molecule has 0 bridgehead atoms. The summed E-state index contributed by atoms with van der Waals surface area (Å²) < 4.78 is 5.54. The molecule has 3 N–H and O–H groups in total. The number of hydrogen-bond acceptors (Lipinski definition) is 4. The first kappa shape index (κ1) is 13.1. The zero-order valence-corrected chi connectivity index (χ0v) is 11.6. The lowest BCUT2D eigenvalue weighted by molar-refractivity contribution is -0.116. The van der Waals surface area contributed by atoms with Gasteiger partial charge in [0.15, 0.2) is 11.5 Å². The first-order chi connectivity index (χ1) is 9.65. The lowest BCUT2D eigenvalue weighted by atomic mass is 10.1. The minimum atomic E-state index is -0.0389. The van der Waals surface area contributed by atoms with Gasteiger partial charge in [0.2, 0.25) is 5.91 Å². The zero-order chi connectivity index (χ0) is 14.1. The van der Waals surface area contributed by atoms with Crippen LogP contribution in [0.3, 0.4) is 0 Å². The maximum absolute atomic E-state index is 11.9. The van der Waals surface area contributed by atoms with Crippen molar-refractivity contribution in [2.75, 3.05) is 5.32 Å². The molecule has 5 heteroatoms. The van der Waals surface area contributed by atoms with Crippen LogP contribution in [0.15, 0.2) is 22.6 Å². The fraction of sp³-hybridized carbons (Fsp3) is 0.467. The fourth-order valence-electron chi connectivity index (χ4n) is 2.32. The number of nitrogens with two attached hydrogens (primary N) is 1. The first-order valence-corrected chi connectivity index (χ1v) is 7.10. The number of nitrogens with one attached hydrogen (secondary N) is 1. The summed E-state index contributed by atoms with van der Waals surface area (Å²) in [6.45, 7) is 1.99. The molecule has 1 aromatic carbocycles. The molecular weight excluding hydrogens is 254 g/mol. The second-order valence-electron chi connectivity index (χ2n) is 5.40. The Morgan fingerprint density at radius 3 is 3.05 bits per heavy atom. The number of anilines is 1. The number of oxazole rings is 1. The van der Waals surface area contributed by atoms with Crippen molar-refractivity contribution in [1.82, 2.24) is 4.98 Å². The van der Waals surface area contributed by atoms with Gasteiger partial charge >= 0.3 is 0 Å². The number of amides is 1. The summed E-state index contributed by atoms with van der Waals surface area (Å²) in [5.41, 5.74) is 8.21. The van der Waals surface area contributed by atoms with Crippen molar-refractivity contribution in [1.29, 1.82) is 0 Å². The normalized spacial score (nSPS) is 16.3. The summed E-state index contributed by atoms with van der Waals surface area (Å²) in [5, 5.41) is 2.87. The van der Waals surface area contributed by atoms with Gasteiger partial charge in [0, 0.05) is 24.6 Å². The smallest absolute Gasteiger partial charge is 0.225 e. The molecule has 0 saturated heterocycles. The van der Waals surface area contributed by atoms with Gasteiger partial charge in [-0.15, -0.1) is 0 Å². The van der Waals surface area contributed by atoms with E-state index in [0.29, 0.717) is 18.2 Å². The molecule has 5 nitrogen and oxygen atoms in total. The van der Waals surface area contributed by atoms with Crippen LogP contribution in [-0.4, -0.2) is 16.9 Å². The Labute approximate surface area is 117 Å². The van der Waals surface area contributed by atoms with Crippen LogP contribution in [0.25, 0.3) is 11.1 Å². The highest BCUT2D eigenvalue weighted by molar-refractivity contribution is 5.93. The van der Waals surface area contributed by atoms with Gasteiger partial charge in [0.05, 0.1) is 0 Å². The molecule has 2 aromatic rings. The largest absolute Gasteiger partial charge is 0.441 e. The topological polar surface area (TPSA) is 81.2 Å². The maximum atomic E-state index is 11.9. The van der Waals surface area contributed by atoms with Crippen LogP contribution in [-0.2, 0) is 11.2 Å². The summed E-state index contributed by atoms with van der Waals surface area (Å²) in [5.74, 6) is 1.20. The van der Waals surface area contributed by atoms with E-state index in [2.05, 4.69) is 10.3 Å². The third-order valence-electron chi connectivity index (χ3n) is 3.67. The van der Waals surface area contributed by atoms with E-state index >= 15 is 0 Å². The van der Waals surface area contributed by atoms with Gasteiger partial charge in [-0.05, 0) is 37.0 Å². The predicted octanol–water partition coefficient (Wildman–Crippen LogP) is 2.46. The van der Waals surface area contributed by atoms with E-state index < -0.39 is 0 Å². The molecule has 0 spiro atoms. The van der Waals surface area contributed by atoms with Gasteiger partial charge < -0.3 is 15.5 Å². The van der Waals surface area contributed by atoms with Gasteiger partial charge in [0.25, 0.3) is 0 Å². The molecule has 1 saturated carbocycles. The molecule has 0 aliphatic heterocycles. The predicted molar refractivity (Wildman–Crippen MR) is 77.3 cm³/mol. The molecule has 1 aromatic heterocycles. The maximum Gasteiger partial charge on any atom is 0.225 e. The number of rotatable bonds is 5. The molecule has 0 radical (unpaired) electrons. The second-order valence-corrected chi connectivity index (χ2v) is 5.40. The molecule has 106 valence electrons. The third-order valence-corrected chi connectivity index (χ3v) is 3.67. The Kier molecular flexibility index (Phi) is 3.44. The number of hydrogen-bond donors (Lipinski definition) is 2. The van der Waals surface area contributed by atoms with Crippen LogP contribution < -0.4 is 11.1 Å². The lowest BCUT2D eigenvalue weighted by Gasteiger charge is -2.10. The first-order valence-electron chi connectivity index (χ1n) is 7.10. The van der Waals surface area contributed by atoms with Gasteiger partial charge in [0.1, 0.15) is 5.52 Å². The molecule has 1 aliphatic carbocycles. The fourth-order valence-corrected chi connectivity index (χ4v) is 2.32. The van der Waals surface area contributed by atoms with Crippen molar-refractivity contribution in [2.24, 2.45) is 11.7 Å². The highest BCUT2D eigenvalue weighted by atomic mass is 16.3. The summed E-state index contributed by atoms with van der Waals surface area (Å²) >= 11 is 0. The molecule has 1 unspecified atom stereocenters. The SMILES string of the molecule is CCc1nc2cc(NC(=O)CC(N)C3CC3)ccc2o1. The number of aromatic nitrogens is 1. The number of carbonyl (C=O) groups is 1. The molecule has 1 aliphatic rings. The number of aryl methyl sites for hydroxylation is 1. The van der Waals surface area contributed by atoms with Gasteiger partial charge in [-0.1, -0.05) is 6.92 Å². The zero-order valence-electron chi connectivity index (χ0n) is 11.6. The van der Waals surface area contributed by atoms with E-state index in [1.54, 1.807) is 0 Å². The molecule has 1 atom stereocenters. The van der Waals surface area contributed by atoms with Gasteiger partial charge in [-0.2, -0.15) is 0 Å². The number of benzene rings is 1. The minimum Gasteiger partial charge on any atom is -0.441 e. The standard InChI is InChI=1S/C15H19N3O2/c1-2-15-18-12-7-10(5-6-13(12)20-15)17-14(19)8-11(16)9-3-4-9/h5-7,9,11H,2-4,8,16H2,1H3,(H,17,19). The quantitative estimate of drug-likeness (QED) is 0.876. The van der Waals surface area contributed by atoms with Crippen molar-refractivity contribution < 1.29 is 9.21 Å².